The third kappa shape index (κ3) is 5.65. The first-order valence-corrected chi connectivity index (χ1v) is 12.1. The maximum Gasteiger partial charge on any atom is 0.273 e. The molecule has 1 aliphatic carbocycles. The summed E-state index contributed by atoms with van der Waals surface area (Å²) >= 11 is 0. The zero-order valence-electron chi connectivity index (χ0n) is 19.6. The summed E-state index contributed by atoms with van der Waals surface area (Å²) in [6.45, 7) is 0.851. The first-order valence-electron chi connectivity index (χ1n) is 12.1. The van der Waals surface area contributed by atoms with Crippen LogP contribution in [-0.4, -0.2) is 34.7 Å². The van der Waals surface area contributed by atoms with E-state index in [-0.39, 0.29) is 30.3 Å². The molecule has 3 aromatic rings. The highest BCUT2D eigenvalue weighted by Crippen LogP contribution is 2.32. The SMILES string of the molecule is O=C(NCc1ccc2c(c1)OCO2)c1cc(CN(C(=O)CCc2ccccc2)C2CCCC2)on1. The Morgan fingerprint density at radius 2 is 1.77 bits per heavy atom. The highest BCUT2D eigenvalue weighted by atomic mass is 16.7. The predicted octanol–water partition coefficient (Wildman–Crippen LogP) is 4.24. The Morgan fingerprint density at radius 1 is 0.971 bits per heavy atom. The van der Waals surface area contributed by atoms with Crippen LogP contribution in [0.1, 0.15) is 59.5 Å². The van der Waals surface area contributed by atoms with Crippen LogP contribution in [0.5, 0.6) is 11.5 Å². The number of ether oxygens (including phenoxy) is 2. The maximum absolute atomic E-state index is 13.2. The molecule has 0 radical (unpaired) electrons. The molecule has 0 unspecified atom stereocenters. The Morgan fingerprint density at radius 3 is 2.60 bits per heavy atom. The standard InChI is InChI=1S/C27H29N3O5/c31-26(13-11-19-6-2-1-3-7-19)30(21-8-4-5-9-21)17-22-15-23(29-35-22)27(32)28-16-20-10-12-24-25(14-20)34-18-33-24/h1-3,6-7,10,12,14-15,21H,4-5,8-9,11,13,16-18H2,(H,28,32). The van der Waals surface area contributed by atoms with Gasteiger partial charge in [0.15, 0.2) is 23.0 Å². The summed E-state index contributed by atoms with van der Waals surface area (Å²) in [5.41, 5.74) is 2.24. The van der Waals surface area contributed by atoms with Crippen molar-refractivity contribution in [3.05, 3.63) is 77.2 Å². The van der Waals surface area contributed by atoms with Gasteiger partial charge in [-0.1, -0.05) is 54.4 Å². The van der Waals surface area contributed by atoms with Crippen molar-refractivity contribution in [2.45, 2.75) is 57.7 Å². The van der Waals surface area contributed by atoms with Gasteiger partial charge in [-0.25, -0.2) is 0 Å². The molecule has 2 heterocycles. The number of rotatable bonds is 9. The maximum atomic E-state index is 13.2. The van der Waals surface area contributed by atoms with Gasteiger partial charge in [0.1, 0.15) is 0 Å². The molecular weight excluding hydrogens is 446 g/mol. The van der Waals surface area contributed by atoms with E-state index in [1.54, 1.807) is 6.07 Å². The number of carbonyl (C=O) groups excluding carboxylic acids is 2. The minimum atomic E-state index is -0.333. The Labute approximate surface area is 204 Å². The van der Waals surface area contributed by atoms with Crippen molar-refractivity contribution in [2.75, 3.05) is 6.79 Å². The molecule has 1 aliphatic heterocycles. The number of nitrogens with one attached hydrogen (secondary N) is 1. The van der Waals surface area contributed by atoms with Crippen LogP contribution < -0.4 is 14.8 Å². The van der Waals surface area contributed by atoms with E-state index in [1.165, 1.54) is 0 Å². The van der Waals surface area contributed by atoms with E-state index in [2.05, 4.69) is 10.5 Å². The first kappa shape index (κ1) is 23.0. The molecule has 1 aromatic heterocycles. The average molecular weight is 476 g/mol. The first-order chi connectivity index (χ1) is 17.2. The quantitative estimate of drug-likeness (QED) is 0.498. The highest BCUT2D eigenvalue weighted by Gasteiger charge is 2.28. The molecule has 1 fully saturated rings. The minimum Gasteiger partial charge on any atom is -0.454 e. The van der Waals surface area contributed by atoms with Crippen LogP contribution in [0.2, 0.25) is 0 Å². The van der Waals surface area contributed by atoms with Gasteiger partial charge in [0, 0.05) is 25.1 Å². The number of aromatic nitrogens is 1. The van der Waals surface area contributed by atoms with Crippen molar-refractivity contribution < 1.29 is 23.6 Å². The van der Waals surface area contributed by atoms with E-state index in [1.807, 2.05) is 53.4 Å². The molecule has 1 saturated carbocycles. The summed E-state index contributed by atoms with van der Waals surface area (Å²) < 4.78 is 16.2. The molecule has 182 valence electrons. The summed E-state index contributed by atoms with van der Waals surface area (Å²) in [6.07, 6.45) is 5.38. The third-order valence-electron chi connectivity index (χ3n) is 6.56. The normalized spacial score (nSPS) is 14.7. The van der Waals surface area contributed by atoms with Gasteiger partial charge in [0.25, 0.3) is 5.91 Å². The van der Waals surface area contributed by atoms with Crippen molar-refractivity contribution in [2.24, 2.45) is 0 Å². The fourth-order valence-corrected chi connectivity index (χ4v) is 4.66. The molecule has 1 N–H and O–H groups in total. The average Bonchev–Trinajstić information content (AvgIpc) is 3.66. The molecule has 0 atom stereocenters. The van der Waals surface area contributed by atoms with E-state index >= 15 is 0 Å². The lowest BCUT2D eigenvalue weighted by Gasteiger charge is -2.28. The monoisotopic (exact) mass is 475 g/mol. The molecule has 0 spiro atoms. The van der Waals surface area contributed by atoms with Gasteiger partial charge in [-0.3, -0.25) is 9.59 Å². The second kappa shape index (κ2) is 10.6. The van der Waals surface area contributed by atoms with Gasteiger partial charge in [0.2, 0.25) is 12.7 Å². The van der Waals surface area contributed by atoms with Crippen molar-refractivity contribution in [3.63, 3.8) is 0 Å². The Balaban J connectivity index is 1.19. The smallest absolute Gasteiger partial charge is 0.273 e. The zero-order valence-corrected chi connectivity index (χ0v) is 19.6. The fraction of sp³-hybridized carbons (Fsp3) is 0.370. The van der Waals surface area contributed by atoms with Crippen molar-refractivity contribution >= 4 is 11.8 Å². The topological polar surface area (TPSA) is 93.9 Å². The van der Waals surface area contributed by atoms with Gasteiger partial charge in [-0.15, -0.1) is 0 Å². The van der Waals surface area contributed by atoms with E-state index in [0.717, 1.165) is 36.8 Å². The van der Waals surface area contributed by atoms with Crippen LogP contribution in [-0.2, 0) is 24.3 Å². The van der Waals surface area contributed by atoms with Crippen LogP contribution in [0.4, 0.5) is 0 Å². The Bertz CT molecular complexity index is 1170. The number of benzene rings is 2. The minimum absolute atomic E-state index is 0.103. The lowest BCUT2D eigenvalue weighted by Crippen LogP contribution is -2.38. The van der Waals surface area contributed by atoms with Crippen LogP contribution in [0.25, 0.3) is 0 Å². The van der Waals surface area contributed by atoms with Gasteiger partial charge in [-0.2, -0.15) is 0 Å². The lowest BCUT2D eigenvalue weighted by atomic mass is 10.1. The molecule has 2 aliphatic rings. The Hall–Kier alpha value is -3.81. The summed E-state index contributed by atoms with van der Waals surface area (Å²) in [5, 5.41) is 6.80. The number of aryl methyl sites for hydroxylation is 1. The van der Waals surface area contributed by atoms with Crippen molar-refractivity contribution in [1.82, 2.24) is 15.4 Å². The van der Waals surface area contributed by atoms with Gasteiger partial charge >= 0.3 is 0 Å². The fourth-order valence-electron chi connectivity index (χ4n) is 4.66. The summed E-state index contributed by atoms with van der Waals surface area (Å²) in [6, 6.07) is 17.4. The van der Waals surface area contributed by atoms with Gasteiger partial charge in [-0.05, 0) is 42.5 Å². The molecular formula is C27H29N3O5. The van der Waals surface area contributed by atoms with Crippen LogP contribution in [0.3, 0.4) is 0 Å². The van der Waals surface area contributed by atoms with Crippen molar-refractivity contribution in [3.8, 4) is 11.5 Å². The van der Waals surface area contributed by atoms with Crippen LogP contribution in [0.15, 0.2) is 59.1 Å². The molecule has 35 heavy (non-hydrogen) atoms. The largest absolute Gasteiger partial charge is 0.454 e. The van der Waals surface area contributed by atoms with E-state index in [9.17, 15) is 9.59 Å². The summed E-state index contributed by atoms with van der Waals surface area (Å²) in [7, 11) is 0. The van der Waals surface area contributed by atoms with Crippen LogP contribution >= 0.6 is 0 Å². The molecule has 2 aromatic carbocycles. The molecule has 2 amide bonds. The number of carbonyl (C=O) groups is 2. The second-order valence-corrected chi connectivity index (χ2v) is 8.99. The second-order valence-electron chi connectivity index (χ2n) is 8.99. The zero-order chi connectivity index (χ0) is 24.0. The van der Waals surface area contributed by atoms with E-state index < -0.39 is 0 Å². The molecule has 5 rings (SSSR count). The third-order valence-corrected chi connectivity index (χ3v) is 6.56. The molecule has 0 saturated heterocycles. The van der Waals surface area contributed by atoms with Crippen LogP contribution in [0, 0.1) is 0 Å². The summed E-state index contributed by atoms with van der Waals surface area (Å²) in [5.74, 6) is 1.65. The van der Waals surface area contributed by atoms with Gasteiger partial charge in [0.05, 0.1) is 6.54 Å². The number of amides is 2. The van der Waals surface area contributed by atoms with Crippen molar-refractivity contribution in [1.29, 1.82) is 0 Å². The highest BCUT2D eigenvalue weighted by molar-refractivity contribution is 5.92. The predicted molar refractivity (Wildman–Crippen MR) is 128 cm³/mol. The molecule has 8 heteroatoms. The number of nitrogens with zero attached hydrogens (tertiary/aromatic N) is 2. The molecule has 0 bridgehead atoms. The molecule has 8 nitrogen and oxygen atoms in total. The number of hydrogen-bond donors (Lipinski definition) is 1. The Kier molecular flexibility index (Phi) is 6.97. The summed E-state index contributed by atoms with van der Waals surface area (Å²) in [4.78, 5) is 27.7. The number of hydrogen-bond acceptors (Lipinski definition) is 6. The lowest BCUT2D eigenvalue weighted by molar-refractivity contribution is -0.134. The number of fused-ring (bicyclic) bond motifs is 1. The van der Waals surface area contributed by atoms with Gasteiger partial charge < -0.3 is 24.2 Å². The van der Waals surface area contributed by atoms with E-state index in [4.69, 9.17) is 14.0 Å². The van der Waals surface area contributed by atoms with E-state index in [0.29, 0.717) is 43.2 Å².